The highest BCUT2D eigenvalue weighted by atomic mass is 16.5. The first kappa shape index (κ1) is 17.8. The Hall–Kier alpha value is -2.59. The summed E-state index contributed by atoms with van der Waals surface area (Å²) in [6.45, 7) is 7.71. The zero-order valence-corrected chi connectivity index (χ0v) is 16.2. The molecule has 0 unspecified atom stereocenters. The van der Waals surface area contributed by atoms with E-state index >= 15 is 0 Å². The Labute approximate surface area is 161 Å². The normalized spacial score (nSPS) is 15.7. The van der Waals surface area contributed by atoms with Crippen LogP contribution in [-0.2, 0) is 0 Å². The molecule has 2 heterocycles. The maximum atomic E-state index is 5.30. The summed E-state index contributed by atoms with van der Waals surface area (Å²) >= 11 is 0. The van der Waals surface area contributed by atoms with Crippen LogP contribution in [0.1, 0.15) is 13.3 Å². The quantitative estimate of drug-likeness (QED) is 0.687. The Morgan fingerprint density at radius 2 is 1.78 bits per heavy atom. The summed E-state index contributed by atoms with van der Waals surface area (Å²) in [5, 5.41) is 2.48. The Balaban J connectivity index is 1.76. The van der Waals surface area contributed by atoms with Gasteiger partial charge in [0.2, 0.25) is 0 Å². The van der Waals surface area contributed by atoms with Crippen molar-refractivity contribution in [2.24, 2.45) is 0 Å². The number of benzene rings is 2. The summed E-state index contributed by atoms with van der Waals surface area (Å²) in [5.74, 6) is 1.98. The van der Waals surface area contributed by atoms with Crippen LogP contribution in [0.25, 0.3) is 22.0 Å². The summed E-state index contributed by atoms with van der Waals surface area (Å²) in [6, 6.07) is 18.9. The number of methoxy groups -OCH3 is 1. The molecule has 4 rings (SSSR count). The van der Waals surface area contributed by atoms with E-state index in [2.05, 4.69) is 59.2 Å². The number of hydrogen-bond donors (Lipinski definition) is 0. The maximum Gasteiger partial charge on any atom is 0.137 e. The van der Waals surface area contributed by atoms with Crippen LogP contribution >= 0.6 is 0 Å². The lowest BCUT2D eigenvalue weighted by Gasteiger charge is -2.24. The molecule has 0 N–H and O–H groups in total. The molecule has 0 atom stereocenters. The van der Waals surface area contributed by atoms with Gasteiger partial charge < -0.3 is 14.5 Å². The van der Waals surface area contributed by atoms with Gasteiger partial charge in [-0.2, -0.15) is 0 Å². The molecule has 1 aliphatic rings. The molecule has 1 fully saturated rings. The van der Waals surface area contributed by atoms with Crippen molar-refractivity contribution < 1.29 is 4.74 Å². The van der Waals surface area contributed by atoms with E-state index in [9.17, 15) is 0 Å². The number of ether oxygens (including phenoxy) is 1. The van der Waals surface area contributed by atoms with Gasteiger partial charge in [0.15, 0.2) is 0 Å². The number of rotatable bonds is 4. The van der Waals surface area contributed by atoms with Crippen LogP contribution in [0, 0.1) is 0 Å². The van der Waals surface area contributed by atoms with Crippen molar-refractivity contribution in [3.05, 3.63) is 54.6 Å². The highest BCUT2D eigenvalue weighted by molar-refractivity contribution is 5.95. The second-order valence-corrected chi connectivity index (χ2v) is 7.06. The molecular formula is C23H27N3O. The van der Waals surface area contributed by atoms with Crippen molar-refractivity contribution in [1.29, 1.82) is 0 Å². The van der Waals surface area contributed by atoms with Gasteiger partial charge in [0.25, 0.3) is 0 Å². The highest BCUT2D eigenvalue weighted by Crippen LogP contribution is 2.31. The van der Waals surface area contributed by atoms with Crippen LogP contribution in [-0.4, -0.2) is 49.7 Å². The average Bonchev–Trinajstić information content (AvgIpc) is 2.98. The topological polar surface area (TPSA) is 28.6 Å². The zero-order valence-electron chi connectivity index (χ0n) is 16.2. The van der Waals surface area contributed by atoms with Crippen LogP contribution in [0.5, 0.6) is 5.75 Å². The van der Waals surface area contributed by atoms with Crippen molar-refractivity contribution in [1.82, 2.24) is 9.88 Å². The third-order valence-corrected chi connectivity index (χ3v) is 5.44. The van der Waals surface area contributed by atoms with Gasteiger partial charge in [0.1, 0.15) is 11.6 Å². The average molecular weight is 361 g/mol. The molecule has 0 radical (unpaired) electrons. The number of anilines is 1. The number of hydrogen-bond acceptors (Lipinski definition) is 4. The SMILES string of the molecule is CCN1CCCN(c2nc(-c3ccc(OC)cc3)cc3ccccc23)CC1. The van der Waals surface area contributed by atoms with E-state index in [-0.39, 0.29) is 0 Å². The third-order valence-electron chi connectivity index (χ3n) is 5.44. The molecule has 0 saturated carbocycles. The molecule has 140 valence electrons. The van der Waals surface area contributed by atoms with E-state index in [1.165, 1.54) is 23.7 Å². The number of pyridine rings is 1. The largest absolute Gasteiger partial charge is 0.497 e. The molecule has 4 heteroatoms. The summed E-state index contributed by atoms with van der Waals surface area (Å²) in [6.07, 6.45) is 1.18. The van der Waals surface area contributed by atoms with Gasteiger partial charge in [-0.15, -0.1) is 0 Å². The molecule has 1 aliphatic heterocycles. The summed E-state index contributed by atoms with van der Waals surface area (Å²) < 4.78 is 5.30. The zero-order chi connectivity index (χ0) is 18.6. The number of fused-ring (bicyclic) bond motifs is 1. The van der Waals surface area contributed by atoms with Gasteiger partial charge >= 0.3 is 0 Å². The van der Waals surface area contributed by atoms with Crippen LogP contribution in [0.15, 0.2) is 54.6 Å². The van der Waals surface area contributed by atoms with E-state index in [1.807, 2.05) is 12.1 Å². The summed E-state index contributed by atoms with van der Waals surface area (Å²) in [7, 11) is 1.69. The fourth-order valence-corrected chi connectivity index (χ4v) is 3.83. The highest BCUT2D eigenvalue weighted by Gasteiger charge is 2.18. The van der Waals surface area contributed by atoms with Crippen molar-refractivity contribution in [2.45, 2.75) is 13.3 Å². The van der Waals surface area contributed by atoms with Gasteiger partial charge in [0.05, 0.1) is 12.8 Å². The van der Waals surface area contributed by atoms with Crippen molar-refractivity contribution in [3.63, 3.8) is 0 Å². The molecule has 4 nitrogen and oxygen atoms in total. The Morgan fingerprint density at radius 3 is 2.56 bits per heavy atom. The lowest BCUT2D eigenvalue weighted by molar-refractivity contribution is 0.310. The minimum atomic E-state index is 0.868. The number of aromatic nitrogens is 1. The minimum Gasteiger partial charge on any atom is -0.497 e. The van der Waals surface area contributed by atoms with E-state index in [1.54, 1.807) is 7.11 Å². The first-order valence-electron chi connectivity index (χ1n) is 9.80. The summed E-state index contributed by atoms with van der Waals surface area (Å²) in [4.78, 5) is 10.1. The molecule has 0 spiro atoms. The van der Waals surface area contributed by atoms with Crippen molar-refractivity contribution in [3.8, 4) is 17.0 Å². The third kappa shape index (κ3) is 3.76. The molecule has 1 saturated heterocycles. The molecule has 0 aliphatic carbocycles. The second-order valence-electron chi connectivity index (χ2n) is 7.06. The van der Waals surface area contributed by atoms with Crippen LogP contribution in [0.4, 0.5) is 5.82 Å². The molecule has 3 aromatic rings. The monoisotopic (exact) mass is 361 g/mol. The van der Waals surface area contributed by atoms with Gasteiger partial charge in [-0.05, 0) is 55.2 Å². The molecule has 1 aromatic heterocycles. The standard InChI is InChI=1S/C23H27N3O/c1-3-25-13-6-14-26(16-15-25)23-21-8-5-4-7-19(21)17-22(24-23)18-9-11-20(27-2)12-10-18/h4-5,7-12,17H,3,6,13-16H2,1-2H3. The van der Waals surface area contributed by atoms with Gasteiger partial charge in [0, 0.05) is 30.6 Å². The van der Waals surface area contributed by atoms with E-state index < -0.39 is 0 Å². The Bertz CT molecular complexity index is 907. The van der Waals surface area contributed by atoms with Crippen LogP contribution < -0.4 is 9.64 Å². The van der Waals surface area contributed by atoms with Crippen molar-refractivity contribution in [2.75, 3.05) is 44.7 Å². The Morgan fingerprint density at radius 1 is 0.963 bits per heavy atom. The van der Waals surface area contributed by atoms with E-state index in [0.29, 0.717) is 0 Å². The van der Waals surface area contributed by atoms with E-state index in [4.69, 9.17) is 9.72 Å². The minimum absolute atomic E-state index is 0.868. The smallest absolute Gasteiger partial charge is 0.137 e. The summed E-state index contributed by atoms with van der Waals surface area (Å²) in [5.41, 5.74) is 2.13. The molecular weight excluding hydrogens is 334 g/mol. The molecule has 0 amide bonds. The second kappa shape index (κ2) is 7.97. The van der Waals surface area contributed by atoms with E-state index in [0.717, 1.165) is 49.0 Å². The fraction of sp³-hybridized carbons (Fsp3) is 0.348. The lowest BCUT2D eigenvalue weighted by Crippen LogP contribution is -2.31. The molecule has 27 heavy (non-hydrogen) atoms. The fourth-order valence-electron chi connectivity index (χ4n) is 3.83. The first-order chi connectivity index (χ1) is 13.3. The predicted molar refractivity (Wildman–Crippen MR) is 113 cm³/mol. The lowest BCUT2D eigenvalue weighted by atomic mass is 10.1. The van der Waals surface area contributed by atoms with Crippen LogP contribution in [0.2, 0.25) is 0 Å². The van der Waals surface area contributed by atoms with Crippen LogP contribution in [0.3, 0.4) is 0 Å². The molecule has 0 bridgehead atoms. The van der Waals surface area contributed by atoms with Gasteiger partial charge in [-0.25, -0.2) is 4.98 Å². The Kier molecular flexibility index (Phi) is 5.26. The molecule has 2 aromatic carbocycles. The van der Waals surface area contributed by atoms with Gasteiger partial charge in [-0.3, -0.25) is 0 Å². The first-order valence-corrected chi connectivity index (χ1v) is 9.80. The maximum absolute atomic E-state index is 5.30. The van der Waals surface area contributed by atoms with Gasteiger partial charge in [-0.1, -0.05) is 31.2 Å². The number of likely N-dealkylation sites (N-methyl/N-ethyl adjacent to an activating group) is 1. The number of nitrogens with zero attached hydrogens (tertiary/aromatic N) is 3. The van der Waals surface area contributed by atoms with Crippen molar-refractivity contribution >= 4 is 16.6 Å². The predicted octanol–water partition coefficient (Wildman–Crippen LogP) is 4.44.